The zero-order valence-electron chi connectivity index (χ0n) is 10.4. The van der Waals surface area contributed by atoms with Crippen molar-refractivity contribution in [1.82, 2.24) is 10.2 Å². The van der Waals surface area contributed by atoms with Gasteiger partial charge in [0.2, 0.25) is 5.91 Å². The second-order valence-corrected chi connectivity index (χ2v) is 5.41. The summed E-state index contributed by atoms with van der Waals surface area (Å²) < 4.78 is 0. The van der Waals surface area contributed by atoms with Gasteiger partial charge < -0.3 is 10.2 Å². The Morgan fingerprint density at radius 1 is 1.62 bits per heavy atom. The normalized spacial score (nSPS) is 22.4. The van der Waals surface area contributed by atoms with Crippen molar-refractivity contribution in [2.75, 3.05) is 32.9 Å². The molecule has 5 heteroatoms. The van der Waals surface area contributed by atoms with Crippen molar-refractivity contribution in [2.24, 2.45) is 5.92 Å². The van der Waals surface area contributed by atoms with Crippen LogP contribution in [0.5, 0.6) is 0 Å². The molecule has 3 nitrogen and oxygen atoms in total. The van der Waals surface area contributed by atoms with Crippen LogP contribution in [0.3, 0.4) is 0 Å². The molecule has 1 aliphatic heterocycles. The van der Waals surface area contributed by atoms with Crippen LogP contribution in [0.4, 0.5) is 0 Å². The Hall–Kier alpha value is 0.0700. The summed E-state index contributed by atoms with van der Waals surface area (Å²) in [6, 6.07) is 0. The van der Waals surface area contributed by atoms with Crippen molar-refractivity contribution < 1.29 is 4.79 Å². The first-order valence-electron chi connectivity index (χ1n) is 5.65. The number of thioether (sulfide) groups is 1. The highest BCUT2D eigenvalue weighted by Gasteiger charge is 2.25. The average molecular weight is 267 g/mol. The zero-order valence-corrected chi connectivity index (χ0v) is 12.0. The van der Waals surface area contributed by atoms with Crippen molar-refractivity contribution in [3.05, 3.63) is 0 Å². The highest BCUT2D eigenvalue weighted by atomic mass is 35.5. The third-order valence-corrected chi connectivity index (χ3v) is 3.93. The summed E-state index contributed by atoms with van der Waals surface area (Å²) in [4.78, 5) is 14.0. The van der Waals surface area contributed by atoms with Crippen LogP contribution in [-0.4, -0.2) is 49.0 Å². The van der Waals surface area contributed by atoms with E-state index in [0.29, 0.717) is 11.8 Å². The first kappa shape index (κ1) is 16.1. The van der Waals surface area contributed by atoms with E-state index in [1.165, 1.54) is 6.42 Å². The lowest BCUT2D eigenvalue weighted by Gasteiger charge is -2.34. The molecule has 0 aliphatic carbocycles. The quantitative estimate of drug-likeness (QED) is 0.839. The molecule has 2 atom stereocenters. The predicted octanol–water partition coefficient (Wildman–Crippen LogP) is 1.62. The Kier molecular flexibility index (Phi) is 8.24. The number of rotatable bonds is 4. The second kappa shape index (κ2) is 8.20. The summed E-state index contributed by atoms with van der Waals surface area (Å²) in [6.45, 7) is 4.90. The van der Waals surface area contributed by atoms with Crippen LogP contribution >= 0.6 is 24.2 Å². The molecule has 1 fully saturated rings. The summed E-state index contributed by atoms with van der Waals surface area (Å²) in [6.07, 6.45) is 4.40. The van der Waals surface area contributed by atoms with Crippen LogP contribution in [0.15, 0.2) is 0 Å². The SMILES string of the molecule is CNCC1CCCN(C(=O)C(C)SC)C1.Cl. The number of nitrogens with zero attached hydrogens (tertiary/aromatic N) is 1. The lowest BCUT2D eigenvalue weighted by molar-refractivity contribution is -0.132. The lowest BCUT2D eigenvalue weighted by atomic mass is 9.98. The number of amides is 1. The molecular weight excluding hydrogens is 244 g/mol. The fraction of sp³-hybridized carbons (Fsp3) is 0.909. The molecule has 1 saturated heterocycles. The second-order valence-electron chi connectivity index (χ2n) is 4.23. The zero-order chi connectivity index (χ0) is 11.3. The van der Waals surface area contributed by atoms with Crippen LogP contribution in [0.1, 0.15) is 19.8 Å². The topological polar surface area (TPSA) is 32.3 Å². The molecule has 0 bridgehead atoms. The molecule has 16 heavy (non-hydrogen) atoms. The number of likely N-dealkylation sites (tertiary alicyclic amines) is 1. The van der Waals surface area contributed by atoms with E-state index < -0.39 is 0 Å². The third-order valence-electron chi connectivity index (χ3n) is 3.02. The highest BCUT2D eigenvalue weighted by Crippen LogP contribution is 2.18. The molecule has 2 unspecified atom stereocenters. The fourth-order valence-corrected chi connectivity index (χ4v) is 2.43. The maximum Gasteiger partial charge on any atom is 0.235 e. The molecule has 96 valence electrons. The lowest BCUT2D eigenvalue weighted by Crippen LogP contribution is -2.45. The number of halogens is 1. The van der Waals surface area contributed by atoms with Crippen molar-refractivity contribution in [2.45, 2.75) is 25.0 Å². The van der Waals surface area contributed by atoms with Crippen molar-refractivity contribution in [3.63, 3.8) is 0 Å². The van der Waals surface area contributed by atoms with Gasteiger partial charge in [-0.3, -0.25) is 4.79 Å². The van der Waals surface area contributed by atoms with Gasteiger partial charge in [-0.2, -0.15) is 11.8 Å². The molecule has 0 aromatic rings. The molecule has 0 saturated carbocycles. The summed E-state index contributed by atoms with van der Waals surface area (Å²) in [5.74, 6) is 0.949. The fourth-order valence-electron chi connectivity index (χ4n) is 2.08. The van der Waals surface area contributed by atoms with E-state index in [-0.39, 0.29) is 17.7 Å². The number of hydrogen-bond acceptors (Lipinski definition) is 3. The average Bonchev–Trinajstić information content (AvgIpc) is 2.28. The first-order chi connectivity index (χ1) is 7.19. The minimum absolute atomic E-state index is 0. The van der Waals surface area contributed by atoms with Crippen LogP contribution in [0.2, 0.25) is 0 Å². The predicted molar refractivity (Wildman–Crippen MR) is 73.5 cm³/mol. The molecule has 0 radical (unpaired) electrons. The maximum absolute atomic E-state index is 12.0. The Bertz CT molecular complexity index is 214. The van der Waals surface area contributed by atoms with E-state index in [1.807, 2.05) is 25.1 Å². The van der Waals surface area contributed by atoms with E-state index in [4.69, 9.17) is 0 Å². The summed E-state index contributed by atoms with van der Waals surface area (Å²) in [5.41, 5.74) is 0. The maximum atomic E-state index is 12.0. The third kappa shape index (κ3) is 4.52. The molecule has 0 spiro atoms. The van der Waals surface area contributed by atoms with Crippen molar-refractivity contribution in [1.29, 1.82) is 0 Å². The summed E-state index contributed by atoms with van der Waals surface area (Å²) in [7, 11) is 1.98. The van der Waals surface area contributed by atoms with Crippen molar-refractivity contribution in [3.8, 4) is 0 Å². The van der Waals surface area contributed by atoms with E-state index in [0.717, 1.165) is 26.1 Å². The number of carbonyl (C=O) groups excluding carboxylic acids is 1. The van der Waals surface area contributed by atoms with E-state index >= 15 is 0 Å². The highest BCUT2D eigenvalue weighted by molar-refractivity contribution is 7.99. The van der Waals surface area contributed by atoms with Gasteiger partial charge in [-0.05, 0) is 45.5 Å². The molecule has 1 aliphatic rings. The molecule has 1 amide bonds. The van der Waals surface area contributed by atoms with Gasteiger partial charge in [-0.15, -0.1) is 12.4 Å². The monoisotopic (exact) mass is 266 g/mol. The molecule has 1 rings (SSSR count). The van der Waals surface area contributed by atoms with Gasteiger partial charge in [0.1, 0.15) is 0 Å². The molecular formula is C11H23ClN2OS. The van der Waals surface area contributed by atoms with Crippen LogP contribution in [-0.2, 0) is 4.79 Å². The van der Waals surface area contributed by atoms with E-state index in [1.54, 1.807) is 11.8 Å². The van der Waals surface area contributed by atoms with Crippen molar-refractivity contribution >= 4 is 30.1 Å². The van der Waals surface area contributed by atoms with Gasteiger partial charge in [0.25, 0.3) is 0 Å². The van der Waals surface area contributed by atoms with Gasteiger partial charge >= 0.3 is 0 Å². The standard InChI is InChI=1S/C11H22N2OS.ClH/c1-9(15-3)11(14)13-6-4-5-10(8-13)7-12-2;/h9-10,12H,4-8H2,1-3H3;1H. The first-order valence-corrected chi connectivity index (χ1v) is 6.94. The van der Waals surface area contributed by atoms with E-state index in [2.05, 4.69) is 5.32 Å². The Labute approximate surface area is 109 Å². The van der Waals surface area contributed by atoms with Crippen LogP contribution < -0.4 is 5.32 Å². The number of carbonyl (C=O) groups is 1. The van der Waals surface area contributed by atoms with E-state index in [9.17, 15) is 4.79 Å². The van der Waals surface area contributed by atoms with Gasteiger partial charge in [0, 0.05) is 13.1 Å². The smallest absolute Gasteiger partial charge is 0.235 e. The Morgan fingerprint density at radius 3 is 2.88 bits per heavy atom. The van der Waals surface area contributed by atoms with Crippen LogP contribution in [0, 0.1) is 5.92 Å². The Balaban J connectivity index is 0.00000225. The number of hydrogen-bond donors (Lipinski definition) is 1. The van der Waals surface area contributed by atoms with Gasteiger partial charge in [0.05, 0.1) is 5.25 Å². The number of piperidine rings is 1. The van der Waals surface area contributed by atoms with Gasteiger partial charge in [0.15, 0.2) is 0 Å². The number of nitrogens with one attached hydrogen (secondary N) is 1. The Morgan fingerprint density at radius 2 is 2.31 bits per heavy atom. The van der Waals surface area contributed by atoms with Gasteiger partial charge in [-0.1, -0.05) is 0 Å². The molecule has 0 aromatic heterocycles. The van der Waals surface area contributed by atoms with Crippen LogP contribution in [0.25, 0.3) is 0 Å². The molecule has 1 heterocycles. The van der Waals surface area contributed by atoms with Gasteiger partial charge in [-0.25, -0.2) is 0 Å². The molecule has 0 aromatic carbocycles. The summed E-state index contributed by atoms with van der Waals surface area (Å²) >= 11 is 1.63. The summed E-state index contributed by atoms with van der Waals surface area (Å²) in [5, 5.41) is 3.31. The minimum atomic E-state index is 0. The molecule has 1 N–H and O–H groups in total. The largest absolute Gasteiger partial charge is 0.341 e. The minimum Gasteiger partial charge on any atom is -0.341 e.